The highest BCUT2D eigenvalue weighted by atomic mass is 28.4. The van der Waals surface area contributed by atoms with Crippen molar-refractivity contribution in [3.05, 3.63) is 248 Å². The van der Waals surface area contributed by atoms with E-state index in [4.69, 9.17) is 20.5 Å². The van der Waals surface area contributed by atoms with E-state index in [2.05, 4.69) is 43.4 Å². The van der Waals surface area contributed by atoms with E-state index in [-0.39, 0.29) is 119 Å². The van der Waals surface area contributed by atoms with Gasteiger partial charge in [0.1, 0.15) is 46.3 Å². The zero-order valence-electron chi connectivity index (χ0n) is 61.2. The number of ketones is 6. The lowest BCUT2D eigenvalue weighted by Crippen LogP contribution is -2.56. The van der Waals surface area contributed by atoms with Crippen molar-refractivity contribution in [2.45, 2.75) is 199 Å². The highest BCUT2D eigenvalue weighted by molar-refractivity contribution is 6.70. The first kappa shape index (κ1) is 81.4. The molecule has 5 spiro atoms. The molecule has 0 bridgehead atoms. The number of methoxy groups -OCH3 is 2. The maximum Gasteiger partial charge on any atom is 0.338 e. The maximum atomic E-state index is 14.4. The molecule has 108 heavy (non-hydrogen) atoms. The van der Waals surface area contributed by atoms with Crippen LogP contribution in [-0.2, 0) is 67.6 Å². The third kappa shape index (κ3) is 16.1. The third-order valence-corrected chi connectivity index (χ3v) is 24.5. The monoisotopic (exact) mass is 1500 g/mol. The lowest BCUT2D eigenvalue weighted by atomic mass is 9.61. The molecule has 4 saturated carbocycles. The predicted octanol–water partition coefficient (Wildman–Crippen LogP) is 17.4. The molecule has 6 aromatic carbocycles. The molecule has 14 nitrogen and oxygen atoms in total. The van der Waals surface area contributed by atoms with Gasteiger partial charge in [-0.2, -0.15) is 4.79 Å². The Kier molecular flexibility index (Phi) is 24.9. The highest BCUT2D eigenvalue weighted by Gasteiger charge is 2.67. The van der Waals surface area contributed by atoms with Gasteiger partial charge in [0.2, 0.25) is 13.9 Å². The second-order valence-electron chi connectivity index (χ2n) is 31.0. The van der Waals surface area contributed by atoms with Crippen molar-refractivity contribution in [3.8, 4) is 0 Å². The van der Waals surface area contributed by atoms with Gasteiger partial charge in [0, 0.05) is 83.0 Å². The molecule has 3 amide bonds. The Bertz CT molecular complexity index is 4550. The third-order valence-electron chi connectivity index (χ3n) is 23.6. The number of halogens is 6. The average Bonchev–Trinajstić information content (AvgIpc) is 1.52. The second kappa shape index (κ2) is 33.0. The van der Waals surface area contributed by atoms with Crippen LogP contribution < -0.4 is 10.6 Å². The molecule has 1 aliphatic heterocycles. The number of carbonyl (C=O) groups is 8. The molecular formula is C87H95F6N2O12Si+. The summed E-state index contributed by atoms with van der Waals surface area (Å²) in [6.07, 6.45) is 16.3. The van der Waals surface area contributed by atoms with E-state index >= 15 is 0 Å². The topological polar surface area (TPSA) is 209 Å². The number of fused-ring (bicyclic) bond motifs is 8. The van der Waals surface area contributed by atoms with Gasteiger partial charge < -0.3 is 24.3 Å². The fourth-order valence-corrected chi connectivity index (χ4v) is 18.7. The summed E-state index contributed by atoms with van der Waals surface area (Å²) in [5.41, 5.74) is 3.94. The van der Waals surface area contributed by atoms with Gasteiger partial charge in [0.05, 0.1) is 37.1 Å². The summed E-state index contributed by atoms with van der Waals surface area (Å²) in [5.74, 6) is -1.02. The Morgan fingerprint density at radius 1 is 0.509 bits per heavy atom. The van der Waals surface area contributed by atoms with Gasteiger partial charge in [0.25, 0.3) is 5.91 Å². The molecular weight excluding hydrogens is 1410 g/mol. The number of amides is 3. The van der Waals surface area contributed by atoms with E-state index in [1.165, 1.54) is 42.5 Å². The van der Waals surface area contributed by atoms with Crippen LogP contribution in [0.3, 0.4) is 0 Å². The number of aliphatic hydroxyl groups excluding tert-OH is 1. The van der Waals surface area contributed by atoms with E-state index < -0.39 is 36.1 Å². The van der Waals surface area contributed by atoms with E-state index in [0.717, 1.165) is 38.5 Å². The van der Waals surface area contributed by atoms with Crippen LogP contribution in [0.4, 0.5) is 31.1 Å². The van der Waals surface area contributed by atoms with Crippen molar-refractivity contribution in [1.82, 2.24) is 10.6 Å². The van der Waals surface area contributed by atoms with E-state index in [9.17, 15) is 69.8 Å². The van der Waals surface area contributed by atoms with Crippen molar-refractivity contribution in [1.29, 1.82) is 0 Å². The summed E-state index contributed by atoms with van der Waals surface area (Å²) >= 11 is 0. The van der Waals surface area contributed by atoms with Crippen LogP contribution >= 0.6 is 0 Å². The number of allylic oxidation sites excluding steroid dienone is 2. The number of carbonyl (C=O) groups excluding carboxylic acids is 8. The predicted molar refractivity (Wildman–Crippen MR) is 400 cm³/mol. The van der Waals surface area contributed by atoms with E-state index in [0.29, 0.717) is 175 Å². The maximum absolute atomic E-state index is 14.4. The Balaban J connectivity index is 0.000000137. The number of urea groups is 1. The lowest BCUT2D eigenvalue weighted by Gasteiger charge is -2.46. The normalized spacial score (nSPS) is 25.2. The number of benzene rings is 6. The standard InChI is InChI=1S/C17H19FN2O3.C15H17FO2.C14H15FO2.C14H13FO2.C10H6FO.C9H7FO.C7H14OSi.CH4/c1-23-10-5-7-16(8-6-10)9-11-12(3-2-4-13(11)18)17(16)14(21)19-15(22)20-17;1-18-10-5-7-15(8-6-10)9-12-11(14(15)17)3-2-4-13(12)16;2*15-12-3-1-2-10-11(12)8-14(13(10)17)6-4-9(16)5-7-14;1-6-5-8-7(10(6)12)3-2-4-9(8)11;10-8-3-1-2-7-6(8)4-5-9(7)11;1-6-7(2)8-9(3,4)5;/h2-4,10H,5-9H2,1H3,(H2,19,20,21,22);2-4,10H,5-9H2,1H3;1-3,9,16H,4-8H2;1-3H,4-8H2;1-4H,5H2;1-3H,4-5H2;6H,1-2H2,3-5H3;1H4/q;;;;+1;;;. The van der Waals surface area contributed by atoms with Gasteiger partial charge in [-0.1, -0.05) is 87.3 Å². The minimum Gasteiger partial charge on any atom is -0.545 e. The van der Waals surface area contributed by atoms with Crippen molar-refractivity contribution in [3.63, 3.8) is 0 Å². The van der Waals surface area contributed by atoms with Crippen LogP contribution in [-0.4, -0.2) is 92.6 Å². The van der Waals surface area contributed by atoms with Crippen molar-refractivity contribution >= 4 is 55.0 Å². The van der Waals surface area contributed by atoms with Gasteiger partial charge in [-0.05, 0) is 224 Å². The minimum absolute atomic E-state index is 0. The number of hydrogen-bond acceptors (Lipinski definition) is 12. The Labute approximate surface area is 628 Å². The molecule has 10 aliphatic carbocycles. The molecule has 17 rings (SSSR count). The van der Waals surface area contributed by atoms with Gasteiger partial charge in [-0.3, -0.25) is 34.1 Å². The fraction of sp³-hybridized carbons (Fsp3) is 0.425. The number of aliphatic hydroxyl groups is 1. The zero-order valence-corrected chi connectivity index (χ0v) is 62.2. The first-order valence-corrected chi connectivity index (χ1v) is 40.2. The summed E-state index contributed by atoms with van der Waals surface area (Å²) < 4.78 is 97.6. The van der Waals surface area contributed by atoms with Crippen LogP contribution in [0.2, 0.25) is 19.6 Å². The van der Waals surface area contributed by atoms with Crippen LogP contribution in [0.1, 0.15) is 207 Å². The first-order valence-electron chi connectivity index (χ1n) is 36.8. The van der Waals surface area contributed by atoms with E-state index in [1.807, 2.05) is 0 Å². The summed E-state index contributed by atoms with van der Waals surface area (Å²) in [5, 5.41) is 14.7. The quantitative estimate of drug-likeness (QED) is 0.0280. The Morgan fingerprint density at radius 2 is 0.907 bits per heavy atom. The fourth-order valence-electron chi connectivity index (χ4n) is 17.8. The van der Waals surface area contributed by atoms with Crippen LogP contribution in [0.25, 0.3) is 0 Å². The number of Topliss-reactive ketones (excluding diaryl/α,β-unsaturated/α-hetero) is 6. The largest absolute Gasteiger partial charge is 0.545 e. The summed E-state index contributed by atoms with van der Waals surface area (Å²) in [7, 11) is 1.99. The molecule has 570 valence electrons. The molecule has 0 radical (unpaired) electrons. The van der Waals surface area contributed by atoms with Crippen LogP contribution in [0, 0.1) is 63.1 Å². The average molecular weight is 1500 g/mol. The van der Waals surface area contributed by atoms with Gasteiger partial charge in [-0.15, -0.1) is 0 Å². The molecule has 5 fully saturated rings. The first-order chi connectivity index (χ1) is 50.9. The second-order valence-corrected chi connectivity index (χ2v) is 35.5. The molecule has 3 N–H and O–H groups in total. The summed E-state index contributed by atoms with van der Waals surface area (Å²) in [6.45, 7) is 18.9. The van der Waals surface area contributed by atoms with E-state index in [1.54, 1.807) is 87.0 Å². The SMILES string of the molecule is C.C=CC(=C)O[Si](C)(C)C.COC1CCC2(CC1)Cc1c(F)cccc1C21NC(=O)NC1=O.COC1CCC2(CC1)Cc1c(F)cccc1C2=O.O=C1CCC2(CC1)Cc1c(F)cccc1C2=O.O=C1CCc2c(F)cccc21.O=C1c2cccc(F)c2CC12CCC(O)CC2.[CH+]=C1Cc2c(F)cccc2C1=O. The molecule has 1 heterocycles. The molecule has 1 unspecified atom stereocenters. The number of hydrogen-bond donors (Lipinski definition) is 3. The Morgan fingerprint density at radius 3 is 1.31 bits per heavy atom. The molecule has 1 atom stereocenters. The molecule has 11 aliphatic rings. The molecule has 6 aromatic rings. The van der Waals surface area contributed by atoms with Crippen molar-refractivity contribution in [2.24, 2.45) is 21.7 Å². The van der Waals surface area contributed by atoms with Crippen molar-refractivity contribution < 1.29 is 83.7 Å². The minimum atomic E-state index is -1.41. The van der Waals surface area contributed by atoms with Crippen LogP contribution in [0.15, 0.2) is 140 Å². The number of imide groups is 1. The number of rotatable bonds is 5. The number of ether oxygens (including phenoxy) is 2. The molecule has 0 aromatic heterocycles. The highest BCUT2D eigenvalue weighted by Crippen LogP contribution is 2.60. The van der Waals surface area contributed by atoms with Gasteiger partial charge >= 0.3 is 11.8 Å². The van der Waals surface area contributed by atoms with Gasteiger partial charge in [-0.25, -0.2) is 31.1 Å². The lowest BCUT2D eigenvalue weighted by molar-refractivity contribution is -0.131. The summed E-state index contributed by atoms with van der Waals surface area (Å²) in [6, 6.07) is 27.7. The zero-order chi connectivity index (χ0) is 77.1. The smallest absolute Gasteiger partial charge is 0.338 e. The van der Waals surface area contributed by atoms with Crippen molar-refractivity contribution in [2.75, 3.05) is 14.2 Å². The Hall–Kier alpha value is -9.11. The molecule has 21 heteroatoms. The molecule has 1 saturated heterocycles. The number of nitrogens with one attached hydrogen (secondary N) is 2. The summed E-state index contributed by atoms with van der Waals surface area (Å²) in [4.78, 5) is 95.4. The van der Waals surface area contributed by atoms with Gasteiger partial charge in [0.15, 0.2) is 28.7 Å². The van der Waals surface area contributed by atoms with Crippen LogP contribution in [0.5, 0.6) is 0 Å².